The van der Waals surface area contributed by atoms with Gasteiger partial charge in [-0.2, -0.15) is 5.26 Å². The SMILES string of the molecule is CCCCN(CCCC)c1ccc(CO)cc1C#N. The summed E-state index contributed by atoms with van der Waals surface area (Å²) in [4.78, 5) is 2.30. The second-order valence-electron chi connectivity index (χ2n) is 4.82. The molecule has 0 bridgehead atoms. The summed E-state index contributed by atoms with van der Waals surface area (Å²) in [5, 5.41) is 18.4. The molecule has 3 heteroatoms. The molecule has 1 aromatic rings. The molecule has 0 heterocycles. The van der Waals surface area contributed by atoms with Crippen LogP contribution in [-0.2, 0) is 6.61 Å². The molecular formula is C16H24N2O. The van der Waals surface area contributed by atoms with Gasteiger partial charge in [0, 0.05) is 13.1 Å². The van der Waals surface area contributed by atoms with Crippen LogP contribution in [0, 0.1) is 11.3 Å². The Morgan fingerprint density at radius 3 is 2.26 bits per heavy atom. The predicted molar refractivity (Wildman–Crippen MR) is 79.1 cm³/mol. The Bertz CT molecular complexity index is 415. The van der Waals surface area contributed by atoms with Crippen molar-refractivity contribution in [3.63, 3.8) is 0 Å². The average Bonchev–Trinajstić information content (AvgIpc) is 2.47. The third-order valence-corrected chi connectivity index (χ3v) is 3.27. The van der Waals surface area contributed by atoms with Crippen molar-refractivity contribution in [2.45, 2.75) is 46.1 Å². The van der Waals surface area contributed by atoms with E-state index >= 15 is 0 Å². The molecule has 0 saturated carbocycles. The van der Waals surface area contributed by atoms with Gasteiger partial charge in [-0.1, -0.05) is 32.8 Å². The van der Waals surface area contributed by atoms with Gasteiger partial charge in [-0.25, -0.2) is 0 Å². The lowest BCUT2D eigenvalue weighted by atomic mass is 10.1. The van der Waals surface area contributed by atoms with E-state index < -0.39 is 0 Å². The molecular weight excluding hydrogens is 236 g/mol. The van der Waals surface area contributed by atoms with Crippen LogP contribution in [0.3, 0.4) is 0 Å². The lowest BCUT2D eigenvalue weighted by molar-refractivity contribution is 0.282. The Morgan fingerprint density at radius 1 is 1.16 bits per heavy atom. The van der Waals surface area contributed by atoms with Crippen molar-refractivity contribution < 1.29 is 5.11 Å². The molecule has 3 nitrogen and oxygen atoms in total. The van der Waals surface area contributed by atoms with Gasteiger partial charge >= 0.3 is 0 Å². The lowest BCUT2D eigenvalue weighted by Crippen LogP contribution is -2.26. The molecule has 1 N–H and O–H groups in total. The molecule has 0 aliphatic heterocycles. The second-order valence-corrected chi connectivity index (χ2v) is 4.82. The van der Waals surface area contributed by atoms with Crippen LogP contribution >= 0.6 is 0 Å². The Morgan fingerprint density at radius 2 is 1.79 bits per heavy atom. The van der Waals surface area contributed by atoms with Gasteiger partial charge in [-0.3, -0.25) is 0 Å². The van der Waals surface area contributed by atoms with E-state index in [1.54, 1.807) is 6.07 Å². The van der Waals surface area contributed by atoms with Crippen LogP contribution in [0.5, 0.6) is 0 Å². The number of anilines is 1. The van der Waals surface area contributed by atoms with Crippen molar-refractivity contribution in [1.82, 2.24) is 0 Å². The largest absolute Gasteiger partial charge is 0.392 e. The second kappa shape index (κ2) is 8.55. The van der Waals surface area contributed by atoms with Gasteiger partial charge in [0.15, 0.2) is 0 Å². The average molecular weight is 260 g/mol. The molecule has 1 rings (SSSR count). The van der Waals surface area contributed by atoms with Crippen molar-refractivity contribution >= 4 is 5.69 Å². The highest BCUT2D eigenvalue weighted by atomic mass is 16.3. The molecule has 104 valence electrons. The van der Waals surface area contributed by atoms with E-state index in [0.29, 0.717) is 5.56 Å². The number of benzene rings is 1. The van der Waals surface area contributed by atoms with E-state index in [-0.39, 0.29) is 6.61 Å². The Kier molecular flexibility index (Phi) is 6.99. The van der Waals surface area contributed by atoms with E-state index in [1.807, 2.05) is 12.1 Å². The highest BCUT2D eigenvalue weighted by molar-refractivity contribution is 5.60. The smallest absolute Gasteiger partial charge is 0.101 e. The van der Waals surface area contributed by atoms with Gasteiger partial charge in [0.25, 0.3) is 0 Å². The zero-order valence-corrected chi connectivity index (χ0v) is 12.0. The molecule has 0 radical (unpaired) electrons. The minimum atomic E-state index is -0.0150. The van der Waals surface area contributed by atoms with E-state index in [1.165, 1.54) is 0 Å². The molecule has 0 unspecified atom stereocenters. The van der Waals surface area contributed by atoms with Crippen LogP contribution in [0.2, 0.25) is 0 Å². The third-order valence-electron chi connectivity index (χ3n) is 3.27. The maximum atomic E-state index is 9.28. The minimum Gasteiger partial charge on any atom is -0.392 e. The van der Waals surface area contributed by atoms with Crippen LogP contribution in [0.15, 0.2) is 18.2 Å². The molecule has 1 aromatic carbocycles. The van der Waals surface area contributed by atoms with Gasteiger partial charge in [0.1, 0.15) is 6.07 Å². The molecule has 0 aliphatic carbocycles. The summed E-state index contributed by atoms with van der Waals surface area (Å²) in [7, 11) is 0. The molecule has 0 aliphatic rings. The monoisotopic (exact) mass is 260 g/mol. The van der Waals surface area contributed by atoms with Crippen LogP contribution in [0.25, 0.3) is 0 Å². The first-order chi connectivity index (χ1) is 9.26. The van der Waals surface area contributed by atoms with Gasteiger partial charge < -0.3 is 10.0 Å². The molecule has 0 amide bonds. The summed E-state index contributed by atoms with van der Waals surface area (Å²) in [5.74, 6) is 0. The summed E-state index contributed by atoms with van der Waals surface area (Å²) in [6.45, 7) is 6.32. The zero-order valence-electron chi connectivity index (χ0n) is 12.0. The number of hydrogen-bond donors (Lipinski definition) is 1. The number of nitrogens with zero attached hydrogens (tertiary/aromatic N) is 2. The van der Waals surface area contributed by atoms with Crippen LogP contribution in [0.1, 0.15) is 50.7 Å². The molecule has 0 aromatic heterocycles. The number of unbranched alkanes of at least 4 members (excludes halogenated alkanes) is 2. The van der Waals surface area contributed by atoms with E-state index in [0.717, 1.165) is 50.0 Å². The summed E-state index contributed by atoms with van der Waals surface area (Å²) < 4.78 is 0. The fourth-order valence-electron chi connectivity index (χ4n) is 2.10. The fourth-order valence-corrected chi connectivity index (χ4v) is 2.10. The predicted octanol–water partition coefficient (Wildman–Crippen LogP) is 3.46. The van der Waals surface area contributed by atoms with Crippen molar-refractivity contribution in [2.24, 2.45) is 0 Å². The van der Waals surface area contributed by atoms with Gasteiger partial charge in [0.2, 0.25) is 0 Å². The van der Waals surface area contributed by atoms with E-state index in [9.17, 15) is 5.26 Å². The van der Waals surface area contributed by atoms with Crippen LogP contribution in [-0.4, -0.2) is 18.2 Å². The molecule has 0 fully saturated rings. The van der Waals surface area contributed by atoms with Crippen molar-refractivity contribution in [3.05, 3.63) is 29.3 Å². The number of rotatable bonds is 8. The van der Waals surface area contributed by atoms with Crippen LogP contribution < -0.4 is 4.90 Å². The first kappa shape index (κ1) is 15.5. The first-order valence-electron chi connectivity index (χ1n) is 7.15. The Labute approximate surface area is 116 Å². The van der Waals surface area contributed by atoms with Crippen molar-refractivity contribution in [2.75, 3.05) is 18.0 Å². The Hall–Kier alpha value is -1.53. The third kappa shape index (κ3) is 4.57. The van der Waals surface area contributed by atoms with E-state index in [4.69, 9.17) is 5.11 Å². The Balaban J connectivity index is 2.96. The number of aliphatic hydroxyl groups is 1. The first-order valence-corrected chi connectivity index (χ1v) is 7.15. The standard InChI is InChI=1S/C16H24N2O/c1-3-5-9-18(10-6-4-2)16-8-7-14(13-19)11-15(16)12-17/h7-8,11,19H,3-6,9-10,13H2,1-2H3. The quantitative estimate of drug-likeness (QED) is 0.778. The van der Waals surface area contributed by atoms with Crippen LogP contribution in [0.4, 0.5) is 5.69 Å². The lowest BCUT2D eigenvalue weighted by Gasteiger charge is -2.26. The highest BCUT2D eigenvalue weighted by Gasteiger charge is 2.11. The number of hydrogen-bond acceptors (Lipinski definition) is 3. The van der Waals surface area contributed by atoms with Crippen molar-refractivity contribution in [1.29, 1.82) is 5.26 Å². The number of aliphatic hydroxyl groups excluding tert-OH is 1. The molecule has 0 atom stereocenters. The normalized spacial score (nSPS) is 10.2. The summed E-state index contributed by atoms with van der Waals surface area (Å²) in [6, 6.07) is 7.91. The zero-order chi connectivity index (χ0) is 14.1. The molecule has 0 saturated heterocycles. The minimum absolute atomic E-state index is 0.0150. The summed E-state index contributed by atoms with van der Waals surface area (Å²) in [6.07, 6.45) is 4.57. The molecule has 0 spiro atoms. The highest BCUT2D eigenvalue weighted by Crippen LogP contribution is 2.22. The topological polar surface area (TPSA) is 47.3 Å². The molecule has 19 heavy (non-hydrogen) atoms. The maximum absolute atomic E-state index is 9.28. The summed E-state index contributed by atoms with van der Waals surface area (Å²) >= 11 is 0. The summed E-state index contributed by atoms with van der Waals surface area (Å²) in [5.41, 5.74) is 2.46. The van der Waals surface area contributed by atoms with Gasteiger partial charge in [-0.05, 0) is 30.5 Å². The van der Waals surface area contributed by atoms with Gasteiger partial charge in [0.05, 0.1) is 17.9 Å². The fraction of sp³-hybridized carbons (Fsp3) is 0.562. The maximum Gasteiger partial charge on any atom is 0.101 e. The van der Waals surface area contributed by atoms with E-state index in [2.05, 4.69) is 24.8 Å². The van der Waals surface area contributed by atoms with Gasteiger partial charge in [-0.15, -0.1) is 0 Å². The van der Waals surface area contributed by atoms with Crippen molar-refractivity contribution in [3.8, 4) is 6.07 Å². The number of nitriles is 1.